The van der Waals surface area contributed by atoms with E-state index in [0.717, 1.165) is 38.9 Å². The van der Waals surface area contributed by atoms with Crippen LogP contribution in [0.4, 0.5) is 0 Å². The number of halogens is 1. The van der Waals surface area contributed by atoms with Gasteiger partial charge >= 0.3 is 0 Å². The average molecular weight is 337 g/mol. The van der Waals surface area contributed by atoms with Crippen LogP contribution in [0.1, 0.15) is 49.8 Å². The first-order chi connectivity index (χ1) is 10.7. The zero-order chi connectivity index (χ0) is 15.5. The minimum atomic E-state index is 0. The van der Waals surface area contributed by atoms with Crippen molar-refractivity contribution in [3.05, 3.63) is 35.4 Å². The highest BCUT2D eigenvalue weighted by atomic mass is 35.5. The Labute approximate surface area is 146 Å². The van der Waals surface area contributed by atoms with E-state index < -0.39 is 0 Å². The smallest absolute Gasteiger partial charge is 0.226 e. The first kappa shape index (κ1) is 18.3. The van der Waals surface area contributed by atoms with Gasteiger partial charge in [0.1, 0.15) is 0 Å². The number of hydrogen-bond acceptors (Lipinski definition) is 2. The Balaban J connectivity index is 0.00000192. The molecule has 3 rings (SSSR count). The minimum absolute atomic E-state index is 0. The van der Waals surface area contributed by atoms with Gasteiger partial charge in [0.05, 0.1) is 6.04 Å². The van der Waals surface area contributed by atoms with Gasteiger partial charge in [0.2, 0.25) is 5.91 Å². The summed E-state index contributed by atoms with van der Waals surface area (Å²) in [6.07, 6.45) is 4.34. The van der Waals surface area contributed by atoms with Crippen molar-refractivity contribution in [2.75, 3.05) is 19.6 Å². The molecule has 2 unspecified atom stereocenters. The van der Waals surface area contributed by atoms with Gasteiger partial charge in [-0.3, -0.25) is 4.79 Å². The summed E-state index contributed by atoms with van der Waals surface area (Å²) in [5.74, 6) is 1.15. The van der Waals surface area contributed by atoms with Crippen molar-refractivity contribution in [2.24, 2.45) is 11.8 Å². The van der Waals surface area contributed by atoms with Gasteiger partial charge in [0, 0.05) is 12.5 Å². The second-order valence-electron chi connectivity index (χ2n) is 7.03. The molecule has 2 aliphatic heterocycles. The summed E-state index contributed by atoms with van der Waals surface area (Å²) in [5.41, 5.74) is 2.59. The molecule has 2 saturated heterocycles. The lowest BCUT2D eigenvalue weighted by atomic mass is 9.84. The van der Waals surface area contributed by atoms with Gasteiger partial charge in [-0.2, -0.15) is 0 Å². The second kappa shape index (κ2) is 8.16. The number of aryl methyl sites for hydroxylation is 1. The quantitative estimate of drug-likeness (QED) is 0.892. The fourth-order valence-corrected chi connectivity index (χ4v) is 4.01. The van der Waals surface area contributed by atoms with E-state index in [9.17, 15) is 4.79 Å². The number of amides is 1. The standard InChI is InChI=1S/C19H28N2O.ClH/c1-14-5-7-16(8-6-14)18-15(2)4-3-13-21(18)19(22)17-9-11-20-12-10-17;/h5-8,15,17-18,20H,3-4,9-13H2,1-2H3;1H. The zero-order valence-corrected chi connectivity index (χ0v) is 15.1. The van der Waals surface area contributed by atoms with Crippen molar-refractivity contribution in [3.63, 3.8) is 0 Å². The van der Waals surface area contributed by atoms with Crippen molar-refractivity contribution in [2.45, 2.75) is 45.6 Å². The molecular weight excluding hydrogens is 308 g/mol. The Morgan fingerprint density at radius 2 is 1.78 bits per heavy atom. The highest BCUT2D eigenvalue weighted by molar-refractivity contribution is 5.85. The molecule has 1 N–H and O–H groups in total. The van der Waals surface area contributed by atoms with Gasteiger partial charge in [-0.25, -0.2) is 0 Å². The van der Waals surface area contributed by atoms with E-state index in [1.807, 2.05) is 0 Å². The number of likely N-dealkylation sites (tertiary alicyclic amines) is 1. The Morgan fingerprint density at radius 3 is 2.43 bits per heavy atom. The average Bonchev–Trinajstić information content (AvgIpc) is 2.56. The van der Waals surface area contributed by atoms with E-state index in [-0.39, 0.29) is 24.4 Å². The summed E-state index contributed by atoms with van der Waals surface area (Å²) in [6.45, 7) is 7.30. The number of rotatable bonds is 2. The lowest BCUT2D eigenvalue weighted by Gasteiger charge is -2.42. The third-order valence-corrected chi connectivity index (χ3v) is 5.32. The van der Waals surface area contributed by atoms with Gasteiger partial charge in [0.25, 0.3) is 0 Å². The van der Waals surface area contributed by atoms with Crippen LogP contribution in [-0.2, 0) is 4.79 Å². The lowest BCUT2D eigenvalue weighted by molar-refractivity contribution is -0.141. The zero-order valence-electron chi connectivity index (χ0n) is 14.3. The van der Waals surface area contributed by atoms with Gasteiger partial charge in [-0.15, -0.1) is 12.4 Å². The van der Waals surface area contributed by atoms with Crippen LogP contribution in [0.2, 0.25) is 0 Å². The third-order valence-electron chi connectivity index (χ3n) is 5.32. The maximum Gasteiger partial charge on any atom is 0.226 e. The fourth-order valence-electron chi connectivity index (χ4n) is 4.01. The van der Waals surface area contributed by atoms with Crippen molar-refractivity contribution < 1.29 is 4.79 Å². The molecule has 2 fully saturated rings. The van der Waals surface area contributed by atoms with E-state index in [4.69, 9.17) is 0 Å². The molecule has 1 amide bonds. The summed E-state index contributed by atoms with van der Waals surface area (Å²) in [7, 11) is 0. The molecule has 23 heavy (non-hydrogen) atoms. The number of benzene rings is 1. The Kier molecular flexibility index (Phi) is 6.49. The molecule has 3 nitrogen and oxygen atoms in total. The van der Waals surface area contributed by atoms with Crippen molar-refractivity contribution in [1.82, 2.24) is 10.2 Å². The highest BCUT2D eigenvalue weighted by Gasteiger charge is 2.36. The molecule has 1 aromatic carbocycles. The van der Waals surface area contributed by atoms with E-state index >= 15 is 0 Å². The second-order valence-corrected chi connectivity index (χ2v) is 7.03. The summed E-state index contributed by atoms with van der Waals surface area (Å²) in [5, 5.41) is 3.36. The lowest BCUT2D eigenvalue weighted by Crippen LogP contribution is -2.46. The molecule has 1 aromatic rings. The first-order valence-electron chi connectivity index (χ1n) is 8.74. The van der Waals surface area contributed by atoms with E-state index in [0.29, 0.717) is 11.8 Å². The van der Waals surface area contributed by atoms with Crippen molar-refractivity contribution in [3.8, 4) is 0 Å². The van der Waals surface area contributed by atoms with Crippen LogP contribution in [0.15, 0.2) is 24.3 Å². The van der Waals surface area contributed by atoms with Gasteiger partial charge in [-0.1, -0.05) is 36.8 Å². The largest absolute Gasteiger partial charge is 0.335 e. The first-order valence-corrected chi connectivity index (χ1v) is 8.74. The van der Waals surface area contributed by atoms with Crippen LogP contribution in [0.3, 0.4) is 0 Å². The van der Waals surface area contributed by atoms with E-state index in [1.54, 1.807) is 0 Å². The van der Waals surface area contributed by atoms with Gasteiger partial charge in [0.15, 0.2) is 0 Å². The molecule has 4 heteroatoms. The minimum Gasteiger partial charge on any atom is -0.335 e. The molecule has 0 aromatic heterocycles. The maximum atomic E-state index is 13.0. The molecule has 128 valence electrons. The number of hydrogen-bond donors (Lipinski definition) is 1. The molecule has 0 radical (unpaired) electrons. The van der Waals surface area contributed by atoms with Gasteiger partial charge in [-0.05, 0) is 57.2 Å². The van der Waals surface area contributed by atoms with Crippen LogP contribution in [0.5, 0.6) is 0 Å². The Bertz CT molecular complexity index is 511. The number of piperidine rings is 2. The number of nitrogens with zero attached hydrogens (tertiary/aromatic N) is 1. The van der Waals surface area contributed by atoms with E-state index in [1.165, 1.54) is 17.5 Å². The van der Waals surface area contributed by atoms with E-state index in [2.05, 4.69) is 48.3 Å². The summed E-state index contributed by atoms with van der Waals surface area (Å²) >= 11 is 0. The molecule has 0 saturated carbocycles. The topological polar surface area (TPSA) is 32.3 Å². The molecular formula is C19H29ClN2O. The fraction of sp³-hybridized carbons (Fsp3) is 0.632. The highest BCUT2D eigenvalue weighted by Crippen LogP contribution is 2.37. The number of carbonyl (C=O) groups excluding carboxylic acids is 1. The van der Waals surface area contributed by atoms with Crippen molar-refractivity contribution in [1.29, 1.82) is 0 Å². The number of nitrogens with one attached hydrogen (secondary N) is 1. The Hall–Kier alpha value is -1.06. The predicted molar refractivity (Wildman–Crippen MR) is 96.9 cm³/mol. The molecule has 2 heterocycles. The number of carbonyl (C=O) groups is 1. The monoisotopic (exact) mass is 336 g/mol. The maximum absolute atomic E-state index is 13.0. The molecule has 0 bridgehead atoms. The summed E-state index contributed by atoms with van der Waals surface area (Å²) in [6, 6.07) is 9.03. The Morgan fingerprint density at radius 1 is 1.13 bits per heavy atom. The third kappa shape index (κ3) is 4.07. The van der Waals surface area contributed by atoms with Crippen LogP contribution < -0.4 is 5.32 Å². The predicted octanol–water partition coefficient (Wildman–Crippen LogP) is 3.72. The van der Waals surface area contributed by atoms with Crippen LogP contribution in [0.25, 0.3) is 0 Å². The van der Waals surface area contributed by atoms with Crippen LogP contribution in [0, 0.1) is 18.8 Å². The SMILES string of the molecule is Cc1ccc(C2C(C)CCCN2C(=O)C2CCNCC2)cc1.Cl. The van der Waals surface area contributed by atoms with Crippen molar-refractivity contribution >= 4 is 18.3 Å². The van der Waals surface area contributed by atoms with Gasteiger partial charge < -0.3 is 10.2 Å². The van der Waals surface area contributed by atoms with Crippen LogP contribution in [-0.4, -0.2) is 30.4 Å². The van der Waals surface area contributed by atoms with Crippen LogP contribution >= 0.6 is 12.4 Å². The normalized spacial score (nSPS) is 25.7. The summed E-state index contributed by atoms with van der Waals surface area (Å²) < 4.78 is 0. The molecule has 2 atom stereocenters. The molecule has 2 aliphatic rings. The summed E-state index contributed by atoms with van der Waals surface area (Å²) in [4.78, 5) is 15.2. The molecule has 0 spiro atoms. The molecule has 0 aliphatic carbocycles.